The molecule has 26 heavy (non-hydrogen) atoms. The molecule has 2 aromatic rings. The third-order valence-electron chi connectivity index (χ3n) is 3.23. The van der Waals surface area contributed by atoms with Crippen molar-refractivity contribution >= 4 is 28.9 Å². The lowest BCUT2D eigenvalue weighted by atomic mass is 10.2. The Bertz CT molecular complexity index is 907. The van der Waals surface area contributed by atoms with E-state index < -0.39 is 10.8 Å². The highest BCUT2D eigenvalue weighted by Gasteiger charge is 2.15. The van der Waals surface area contributed by atoms with Crippen LogP contribution in [0.15, 0.2) is 54.2 Å². The summed E-state index contributed by atoms with van der Waals surface area (Å²) in [7, 11) is 0. The van der Waals surface area contributed by atoms with E-state index >= 15 is 0 Å². The monoisotopic (exact) mass is 374 g/mol. The van der Waals surface area contributed by atoms with Gasteiger partial charge in [0.15, 0.2) is 0 Å². The number of halogens is 2. The Kier molecular flexibility index (Phi) is 6.25. The third kappa shape index (κ3) is 5.03. The maximum Gasteiger partial charge on any atom is 0.289 e. The van der Waals surface area contributed by atoms with Gasteiger partial charge in [0, 0.05) is 24.5 Å². The molecule has 0 fully saturated rings. The van der Waals surface area contributed by atoms with Crippen molar-refractivity contribution in [2.75, 3.05) is 5.32 Å². The van der Waals surface area contributed by atoms with Gasteiger partial charge in [0.25, 0.3) is 11.6 Å². The predicted octanol–water partition coefficient (Wildman–Crippen LogP) is 3.52. The topological polar surface area (TPSA) is 108 Å². The fourth-order valence-corrected chi connectivity index (χ4v) is 2.14. The van der Waals surface area contributed by atoms with Crippen LogP contribution in [0.4, 0.5) is 15.8 Å². The Hall–Kier alpha value is -3.44. The van der Waals surface area contributed by atoms with Crippen LogP contribution in [0.3, 0.4) is 0 Å². The minimum Gasteiger partial charge on any atom is -0.386 e. The van der Waals surface area contributed by atoms with Crippen molar-refractivity contribution in [2.45, 2.75) is 6.54 Å². The maximum absolute atomic E-state index is 12.8. The fraction of sp³-hybridized carbons (Fsp3) is 0.0588. The summed E-state index contributed by atoms with van der Waals surface area (Å²) in [6.07, 6.45) is 1.21. The Morgan fingerprint density at radius 2 is 2.00 bits per heavy atom. The first-order valence-electron chi connectivity index (χ1n) is 7.24. The molecule has 9 heteroatoms. The average Bonchev–Trinajstić information content (AvgIpc) is 2.61. The van der Waals surface area contributed by atoms with Gasteiger partial charge in [-0.05, 0) is 29.8 Å². The van der Waals surface area contributed by atoms with Crippen LogP contribution >= 0.6 is 11.6 Å². The van der Waals surface area contributed by atoms with Gasteiger partial charge in [-0.2, -0.15) is 5.26 Å². The van der Waals surface area contributed by atoms with E-state index in [1.807, 2.05) is 0 Å². The molecule has 0 spiro atoms. The third-order valence-corrected chi connectivity index (χ3v) is 3.55. The van der Waals surface area contributed by atoms with Gasteiger partial charge in [0.05, 0.1) is 4.92 Å². The number of benzene rings is 2. The lowest BCUT2D eigenvalue weighted by Gasteiger charge is -2.06. The molecule has 2 rings (SSSR count). The molecule has 0 atom stereocenters. The van der Waals surface area contributed by atoms with Crippen molar-refractivity contribution < 1.29 is 14.1 Å². The molecule has 0 radical (unpaired) electrons. The van der Waals surface area contributed by atoms with E-state index in [4.69, 9.17) is 16.9 Å². The molecule has 132 valence electrons. The van der Waals surface area contributed by atoms with E-state index in [0.717, 1.165) is 11.6 Å². The first-order chi connectivity index (χ1) is 12.4. The number of nitro groups is 1. The number of carbonyl (C=O) groups is 1. The lowest BCUT2D eigenvalue weighted by Crippen LogP contribution is -2.16. The Balaban J connectivity index is 2.04. The number of hydrogen-bond donors (Lipinski definition) is 2. The van der Waals surface area contributed by atoms with E-state index in [1.54, 1.807) is 18.2 Å². The second-order valence-electron chi connectivity index (χ2n) is 5.05. The second-order valence-corrected chi connectivity index (χ2v) is 5.46. The predicted molar refractivity (Wildman–Crippen MR) is 93.7 cm³/mol. The van der Waals surface area contributed by atoms with Crippen LogP contribution < -0.4 is 10.6 Å². The zero-order valence-electron chi connectivity index (χ0n) is 13.2. The SMILES string of the molecule is N#C/C(=C/NCc1ccc(F)cc1)C(=O)Nc1ccc(Cl)c([N+](=O)[O-])c1. The van der Waals surface area contributed by atoms with Crippen molar-refractivity contribution in [3.8, 4) is 6.07 Å². The standard InChI is InChI=1S/C17H12ClFN4O3/c18-15-6-5-14(7-16(15)23(25)26)22-17(24)12(8-20)10-21-9-11-1-3-13(19)4-2-11/h1-7,10,21H,9H2,(H,22,24)/b12-10-. The van der Waals surface area contributed by atoms with Crippen molar-refractivity contribution in [3.63, 3.8) is 0 Å². The van der Waals surface area contributed by atoms with Gasteiger partial charge in [0.1, 0.15) is 22.5 Å². The molecule has 0 aliphatic heterocycles. The molecular weight excluding hydrogens is 363 g/mol. The molecule has 0 bridgehead atoms. The number of amides is 1. The minimum atomic E-state index is -0.740. The van der Waals surface area contributed by atoms with Crippen molar-refractivity contribution in [2.24, 2.45) is 0 Å². The molecule has 0 aliphatic carbocycles. The molecule has 1 amide bonds. The number of rotatable bonds is 6. The quantitative estimate of drug-likeness (QED) is 0.348. The molecule has 2 N–H and O–H groups in total. The first kappa shape index (κ1) is 18.9. The van der Waals surface area contributed by atoms with Gasteiger partial charge in [0.2, 0.25) is 0 Å². The second kappa shape index (κ2) is 8.60. The number of nitrogens with zero attached hydrogens (tertiary/aromatic N) is 2. The molecule has 0 saturated heterocycles. The summed E-state index contributed by atoms with van der Waals surface area (Å²) < 4.78 is 12.8. The molecule has 2 aromatic carbocycles. The summed E-state index contributed by atoms with van der Waals surface area (Å²) in [4.78, 5) is 22.3. The zero-order valence-corrected chi connectivity index (χ0v) is 14.0. The normalized spacial score (nSPS) is 10.7. The van der Waals surface area contributed by atoms with Crippen LogP contribution in [0.1, 0.15) is 5.56 Å². The summed E-state index contributed by atoms with van der Waals surface area (Å²) >= 11 is 5.70. The van der Waals surface area contributed by atoms with E-state index in [1.165, 1.54) is 30.5 Å². The molecular formula is C17H12ClFN4O3. The number of anilines is 1. The number of nitro benzene ring substituents is 1. The number of nitriles is 1. The summed E-state index contributed by atoms with van der Waals surface area (Å²) in [6.45, 7) is 0.283. The van der Waals surface area contributed by atoms with E-state index in [9.17, 15) is 19.3 Å². The van der Waals surface area contributed by atoms with Crippen LogP contribution in [0, 0.1) is 27.3 Å². The number of carbonyl (C=O) groups excluding carboxylic acids is 1. The fourth-order valence-electron chi connectivity index (χ4n) is 1.95. The largest absolute Gasteiger partial charge is 0.386 e. The smallest absolute Gasteiger partial charge is 0.289 e. The van der Waals surface area contributed by atoms with Crippen LogP contribution in [-0.2, 0) is 11.3 Å². The van der Waals surface area contributed by atoms with E-state index in [2.05, 4.69) is 10.6 Å². The van der Waals surface area contributed by atoms with Gasteiger partial charge in [-0.15, -0.1) is 0 Å². The van der Waals surface area contributed by atoms with Gasteiger partial charge in [-0.1, -0.05) is 23.7 Å². The zero-order chi connectivity index (χ0) is 19.1. The van der Waals surface area contributed by atoms with E-state index in [0.29, 0.717) is 0 Å². The number of nitrogens with one attached hydrogen (secondary N) is 2. The van der Waals surface area contributed by atoms with Gasteiger partial charge in [-0.25, -0.2) is 4.39 Å². The van der Waals surface area contributed by atoms with Crippen LogP contribution in [0.2, 0.25) is 5.02 Å². The minimum absolute atomic E-state index is 0.0648. The molecule has 0 aromatic heterocycles. The highest BCUT2D eigenvalue weighted by molar-refractivity contribution is 6.32. The van der Waals surface area contributed by atoms with Crippen LogP contribution in [-0.4, -0.2) is 10.8 Å². The summed E-state index contributed by atoms with van der Waals surface area (Å²) in [5, 5.41) is 25.1. The molecule has 0 saturated carbocycles. The average molecular weight is 375 g/mol. The maximum atomic E-state index is 12.8. The number of hydrogen-bond acceptors (Lipinski definition) is 5. The van der Waals surface area contributed by atoms with Crippen LogP contribution in [0.25, 0.3) is 0 Å². The van der Waals surface area contributed by atoms with Gasteiger partial charge < -0.3 is 10.6 Å². The Labute approximate surface area is 152 Å². The Morgan fingerprint density at radius 1 is 1.31 bits per heavy atom. The summed E-state index contributed by atoms with van der Waals surface area (Å²) in [5.41, 5.74) is 0.297. The van der Waals surface area contributed by atoms with Gasteiger partial charge in [-0.3, -0.25) is 14.9 Å². The van der Waals surface area contributed by atoms with Crippen molar-refractivity contribution in [1.82, 2.24) is 5.32 Å². The van der Waals surface area contributed by atoms with Crippen molar-refractivity contribution in [3.05, 3.63) is 80.8 Å². The summed E-state index contributed by atoms with van der Waals surface area (Å²) in [6, 6.07) is 11.2. The molecule has 7 nitrogen and oxygen atoms in total. The van der Waals surface area contributed by atoms with Crippen LogP contribution in [0.5, 0.6) is 0 Å². The van der Waals surface area contributed by atoms with Crippen molar-refractivity contribution in [1.29, 1.82) is 5.26 Å². The Morgan fingerprint density at radius 3 is 2.62 bits per heavy atom. The molecule has 0 unspecified atom stereocenters. The first-order valence-corrected chi connectivity index (χ1v) is 7.62. The van der Waals surface area contributed by atoms with E-state index in [-0.39, 0.29) is 34.3 Å². The highest BCUT2D eigenvalue weighted by Crippen LogP contribution is 2.27. The van der Waals surface area contributed by atoms with Gasteiger partial charge >= 0.3 is 0 Å². The lowest BCUT2D eigenvalue weighted by molar-refractivity contribution is -0.384. The molecule has 0 heterocycles. The highest BCUT2D eigenvalue weighted by atomic mass is 35.5. The molecule has 0 aliphatic rings. The summed E-state index contributed by atoms with van der Waals surface area (Å²) in [5.74, 6) is -1.10.